The molecular formula is C16H11I3O3. The van der Waals surface area contributed by atoms with E-state index in [-0.39, 0.29) is 17.6 Å². The van der Waals surface area contributed by atoms with Crippen molar-refractivity contribution in [3.05, 3.63) is 52.2 Å². The van der Waals surface area contributed by atoms with Crippen molar-refractivity contribution < 1.29 is 14.6 Å². The molecule has 0 radical (unpaired) electrons. The number of esters is 1. The second-order valence-corrected chi connectivity index (χ2v) is 8.75. The molecule has 2 aromatic carbocycles. The maximum Gasteiger partial charge on any atom is 0.315 e. The second kappa shape index (κ2) is 6.80. The minimum atomic E-state index is -0.201. The average Bonchev–Trinajstić information content (AvgIpc) is 2.85. The number of ether oxygens (including phenoxy) is 1. The predicted molar refractivity (Wildman–Crippen MR) is 109 cm³/mol. The van der Waals surface area contributed by atoms with E-state index in [4.69, 9.17) is 4.74 Å². The molecule has 0 aliphatic heterocycles. The van der Waals surface area contributed by atoms with Crippen molar-refractivity contribution in [2.45, 2.75) is 12.8 Å². The predicted octanol–water partition coefficient (Wildman–Crippen LogP) is 4.53. The molecule has 114 valence electrons. The fourth-order valence-electron chi connectivity index (χ4n) is 2.58. The standard InChI is InChI=1S/C16H11I3O3/c17-11-6-13(18)15(14(19)7-11)22-16(21)10-3-8-1-2-12(20)5-9(8)4-10/h1-2,5-7,10,20H,3-4H2. The fraction of sp³-hybridized carbons (Fsp3) is 0.188. The number of hydrogen-bond acceptors (Lipinski definition) is 3. The van der Waals surface area contributed by atoms with Gasteiger partial charge in [0.15, 0.2) is 5.75 Å². The molecule has 22 heavy (non-hydrogen) atoms. The maximum absolute atomic E-state index is 12.5. The maximum atomic E-state index is 12.5. The van der Waals surface area contributed by atoms with E-state index in [2.05, 4.69) is 67.8 Å². The monoisotopic (exact) mass is 632 g/mol. The summed E-state index contributed by atoms with van der Waals surface area (Å²) in [5.74, 6) is 0.510. The Morgan fingerprint density at radius 1 is 1.05 bits per heavy atom. The highest BCUT2D eigenvalue weighted by molar-refractivity contribution is 14.1. The van der Waals surface area contributed by atoms with Crippen molar-refractivity contribution in [1.29, 1.82) is 0 Å². The van der Waals surface area contributed by atoms with Gasteiger partial charge >= 0.3 is 5.97 Å². The molecule has 0 amide bonds. The van der Waals surface area contributed by atoms with Gasteiger partial charge in [0.05, 0.1) is 13.1 Å². The molecule has 1 atom stereocenters. The number of benzene rings is 2. The quantitative estimate of drug-likeness (QED) is 0.301. The summed E-state index contributed by atoms with van der Waals surface area (Å²) < 4.78 is 8.66. The summed E-state index contributed by atoms with van der Waals surface area (Å²) in [5.41, 5.74) is 2.15. The zero-order valence-electron chi connectivity index (χ0n) is 11.3. The third kappa shape index (κ3) is 3.53. The van der Waals surface area contributed by atoms with Crippen LogP contribution >= 0.6 is 67.8 Å². The Balaban J connectivity index is 1.77. The number of phenolic OH excluding ortho intramolecular Hbond substituents is 1. The van der Waals surface area contributed by atoms with Crippen LogP contribution in [0.1, 0.15) is 11.1 Å². The van der Waals surface area contributed by atoms with Crippen LogP contribution in [0, 0.1) is 16.6 Å². The Morgan fingerprint density at radius 3 is 2.36 bits per heavy atom. The summed E-state index contributed by atoms with van der Waals surface area (Å²) in [7, 11) is 0. The lowest BCUT2D eigenvalue weighted by atomic mass is 10.1. The van der Waals surface area contributed by atoms with Crippen molar-refractivity contribution in [2.75, 3.05) is 0 Å². The Labute approximate surface area is 169 Å². The zero-order valence-corrected chi connectivity index (χ0v) is 17.7. The summed E-state index contributed by atoms with van der Waals surface area (Å²) in [5, 5.41) is 9.54. The van der Waals surface area contributed by atoms with Crippen molar-refractivity contribution in [1.82, 2.24) is 0 Å². The van der Waals surface area contributed by atoms with Crippen LogP contribution in [0.5, 0.6) is 11.5 Å². The molecule has 2 aromatic rings. The van der Waals surface area contributed by atoms with Gasteiger partial charge in [0.1, 0.15) is 5.75 Å². The Hall–Kier alpha value is -0.100. The van der Waals surface area contributed by atoms with Gasteiger partial charge in [0.25, 0.3) is 0 Å². The number of aromatic hydroxyl groups is 1. The van der Waals surface area contributed by atoms with Crippen LogP contribution < -0.4 is 4.74 Å². The highest BCUT2D eigenvalue weighted by Gasteiger charge is 2.30. The van der Waals surface area contributed by atoms with Gasteiger partial charge in [-0.05, 0) is 116 Å². The number of phenols is 1. The number of fused-ring (bicyclic) bond motifs is 1. The van der Waals surface area contributed by atoms with Crippen LogP contribution in [0.3, 0.4) is 0 Å². The van der Waals surface area contributed by atoms with Gasteiger partial charge < -0.3 is 9.84 Å². The number of hydrogen-bond donors (Lipinski definition) is 1. The summed E-state index contributed by atoms with van der Waals surface area (Å²) in [6.45, 7) is 0. The average molecular weight is 632 g/mol. The van der Waals surface area contributed by atoms with Crippen molar-refractivity contribution in [3.8, 4) is 11.5 Å². The normalized spacial score (nSPS) is 16.4. The fourth-order valence-corrected chi connectivity index (χ4v) is 6.38. The molecule has 3 nitrogen and oxygen atoms in total. The van der Waals surface area contributed by atoms with E-state index in [0.717, 1.165) is 21.8 Å². The summed E-state index contributed by atoms with van der Waals surface area (Å²) in [4.78, 5) is 12.5. The van der Waals surface area contributed by atoms with Gasteiger partial charge in [-0.15, -0.1) is 0 Å². The molecule has 0 saturated carbocycles. The van der Waals surface area contributed by atoms with Gasteiger partial charge in [-0.1, -0.05) is 6.07 Å². The number of halogens is 3. The van der Waals surface area contributed by atoms with Gasteiger partial charge in [0, 0.05) is 3.57 Å². The topological polar surface area (TPSA) is 46.5 Å². The third-order valence-electron chi connectivity index (χ3n) is 3.62. The molecule has 0 bridgehead atoms. The second-order valence-electron chi connectivity index (χ2n) is 5.18. The van der Waals surface area contributed by atoms with Crippen LogP contribution in [-0.2, 0) is 17.6 Å². The van der Waals surface area contributed by atoms with Crippen LogP contribution in [0.25, 0.3) is 0 Å². The molecule has 0 heterocycles. The molecule has 0 spiro atoms. The number of rotatable bonds is 2. The van der Waals surface area contributed by atoms with Crippen LogP contribution in [0.4, 0.5) is 0 Å². The first kappa shape index (κ1) is 16.7. The first-order chi connectivity index (χ1) is 10.4. The summed E-state index contributed by atoms with van der Waals surface area (Å²) >= 11 is 6.63. The van der Waals surface area contributed by atoms with Gasteiger partial charge in [-0.3, -0.25) is 4.79 Å². The first-order valence-electron chi connectivity index (χ1n) is 6.61. The van der Waals surface area contributed by atoms with Crippen molar-refractivity contribution >= 4 is 73.7 Å². The van der Waals surface area contributed by atoms with Gasteiger partial charge in [-0.2, -0.15) is 0 Å². The lowest BCUT2D eigenvalue weighted by Crippen LogP contribution is -2.21. The lowest BCUT2D eigenvalue weighted by molar-refractivity contribution is -0.138. The molecule has 1 N–H and O–H groups in total. The number of carbonyl (C=O) groups is 1. The van der Waals surface area contributed by atoms with Crippen LogP contribution in [0.2, 0.25) is 0 Å². The molecular weight excluding hydrogens is 621 g/mol. The van der Waals surface area contributed by atoms with E-state index < -0.39 is 0 Å². The summed E-state index contributed by atoms with van der Waals surface area (Å²) in [6, 6.07) is 9.27. The molecule has 3 rings (SSSR count). The molecule has 1 aliphatic rings. The molecule has 0 saturated heterocycles. The van der Waals surface area contributed by atoms with E-state index >= 15 is 0 Å². The van der Waals surface area contributed by atoms with E-state index in [1.165, 1.54) is 0 Å². The molecule has 0 fully saturated rings. The van der Waals surface area contributed by atoms with Crippen molar-refractivity contribution in [3.63, 3.8) is 0 Å². The van der Waals surface area contributed by atoms with Crippen molar-refractivity contribution in [2.24, 2.45) is 5.92 Å². The van der Waals surface area contributed by atoms with Crippen LogP contribution in [0.15, 0.2) is 30.3 Å². The van der Waals surface area contributed by atoms with Gasteiger partial charge in [-0.25, -0.2) is 0 Å². The SMILES string of the molecule is O=C(Oc1c(I)cc(I)cc1I)C1Cc2ccc(O)cc2C1. The minimum Gasteiger partial charge on any atom is -0.508 e. The molecule has 0 aromatic heterocycles. The first-order valence-corrected chi connectivity index (χ1v) is 9.84. The smallest absolute Gasteiger partial charge is 0.315 e. The molecule has 1 unspecified atom stereocenters. The highest BCUT2D eigenvalue weighted by atomic mass is 127. The third-order valence-corrected chi connectivity index (χ3v) is 5.85. The van der Waals surface area contributed by atoms with Gasteiger partial charge in [0.2, 0.25) is 0 Å². The Morgan fingerprint density at radius 2 is 1.68 bits per heavy atom. The largest absolute Gasteiger partial charge is 0.508 e. The van der Waals surface area contributed by atoms with E-state index in [1.54, 1.807) is 12.1 Å². The van der Waals surface area contributed by atoms with E-state index in [1.807, 2.05) is 18.2 Å². The highest BCUT2D eigenvalue weighted by Crippen LogP contribution is 2.33. The van der Waals surface area contributed by atoms with Crippen LogP contribution in [-0.4, -0.2) is 11.1 Å². The zero-order chi connectivity index (χ0) is 15.9. The lowest BCUT2D eigenvalue weighted by Gasteiger charge is -2.12. The Bertz CT molecular complexity index is 735. The van der Waals surface area contributed by atoms with E-state index in [9.17, 15) is 9.90 Å². The Kier molecular flexibility index (Phi) is 5.17. The minimum absolute atomic E-state index is 0.178. The molecule has 6 heteroatoms. The molecule has 1 aliphatic carbocycles. The number of carbonyl (C=O) groups excluding carboxylic acids is 1. The summed E-state index contributed by atoms with van der Waals surface area (Å²) in [6.07, 6.45) is 1.30. The van der Waals surface area contributed by atoms with E-state index in [0.29, 0.717) is 18.6 Å².